The summed E-state index contributed by atoms with van der Waals surface area (Å²) in [6.07, 6.45) is 1.52. The van der Waals surface area contributed by atoms with Crippen LogP contribution in [0.5, 0.6) is 0 Å². The lowest BCUT2D eigenvalue weighted by Gasteiger charge is -2.07. The molecule has 0 spiro atoms. The van der Waals surface area contributed by atoms with E-state index in [1.807, 2.05) is 0 Å². The Hall–Kier alpha value is -1.10. The standard InChI is InChI=1S/C6H9NO4/c8-3-6(1-2-6)5(10)11-7-4-9/h4,8H,1-3H2,(H,7,9). The Morgan fingerprint density at radius 2 is 2.36 bits per heavy atom. The van der Waals surface area contributed by atoms with Crippen molar-refractivity contribution in [3.63, 3.8) is 0 Å². The first kappa shape index (κ1) is 8.00. The normalized spacial score (nSPS) is 18.6. The van der Waals surface area contributed by atoms with Gasteiger partial charge in [0.25, 0.3) is 0 Å². The molecular weight excluding hydrogens is 150 g/mol. The second kappa shape index (κ2) is 2.87. The molecule has 0 aromatic carbocycles. The minimum atomic E-state index is -0.726. The number of carbonyl (C=O) groups is 2. The molecule has 11 heavy (non-hydrogen) atoms. The van der Waals surface area contributed by atoms with Crippen LogP contribution < -0.4 is 5.48 Å². The van der Waals surface area contributed by atoms with Crippen molar-refractivity contribution in [2.75, 3.05) is 6.61 Å². The maximum absolute atomic E-state index is 10.9. The van der Waals surface area contributed by atoms with E-state index in [9.17, 15) is 9.59 Å². The van der Waals surface area contributed by atoms with Gasteiger partial charge in [-0.2, -0.15) is 5.48 Å². The van der Waals surface area contributed by atoms with Crippen LogP contribution in [0.15, 0.2) is 0 Å². The van der Waals surface area contributed by atoms with E-state index in [1.54, 1.807) is 5.48 Å². The van der Waals surface area contributed by atoms with Gasteiger partial charge in [-0.15, -0.1) is 0 Å². The zero-order valence-corrected chi connectivity index (χ0v) is 5.87. The highest BCUT2D eigenvalue weighted by Gasteiger charge is 2.51. The molecule has 1 rings (SSSR count). The topological polar surface area (TPSA) is 75.6 Å². The van der Waals surface area contributed by atoms with E-state index >= 15 is 0 Å². The van der Waals surface area contributed by atoms with Crippen molar-refractivity contribution in [1.82, 2.24) is 5.48 Å². The molecule has 5 heteroatoms. The molecule has 0 aromatic rings. The molecular formula is C6H9NO4. The van der Waals surface area contributed by atoms with Crippen LogP contribution in [-0.2, 0) is 14.4 Å². The van der Waals surface area contributed by atoms with Crippen LogP contribution in [0.1, 0.15) is 12.8 Å². The van der Waals surface area contributed by atoms with Crippen molar-refractivity contribution in [2.45, 2.75) is 12.8 Å². The summed E-state index contributed by atoms with van der Waals surface area (Å²) in [5.41, 5.74) is 1.06. The van der Waals surface area contributed by atoms with Crippen LogP contribution in [0.25, 0.3) is 0 Å². The summed E-state index contributed by atoms with van der Waals surface area (Å²) in [5.74, 6) is -0.563. The fraction of sp³-hybridized carbons (Fsp3) is 0.667. The minimum absolute atomic E-state index is 0.216. The molecule has 62 valence electrons. The molecule has 5 nitrogen and oxygen atoms in total. The van der Waals surface area contributed by atoms with Crippen LogP contribution in [0.4, 0.5) is 0 Å². The fourth-order valence-electron chi connectivity index (χ4n) is 0.764. The Morgan fingerprint density at radius 1 is 1.73 bits per heavy atom. The summed E-state index contributed by atoms with van der Waals surface area (Å²) < 4.78 is 0. The first-order chi connectivity index (χ1) is 5.25. The van der Waals surface area contributed by atoms with Gasteiger partial charge in [-0.3, -0.25) is 4.79 Å². The summed E-state index contributed by atoms with van der Waals surface area (Å²) in [6, 6.07) is 0. The highest BCUT2D eigenvalue weighted by Crippen LogP contribution is 2.45. The monoisotopic (exact) mass is 159 g/mol. The highest BCUT2D eigenvalue weighted by molar-refractivity contribution is 5.80. The third kappa shape index (κ3) is 1.48. The first-order valence-corrected chi connectivity index (χ1v) is 3.26. The van der Waals surface area contributed by atoms with Gasteiger partial charge in [0.05, 0.1) is 12.0 Å². The summed E-state index contributed by atoms with van der Waals surface area (Å²) in [7, 11) is 0. The van der Waals surface area contributed by atoms with Gasteiger partial charge in [0.15, 0.2) is 0 Å². The third-order valence-corrected chi connectivity index (χ3v) is 1.79. The van der Waals surface area contributed by atoms with Crippen molar-refractivity contribution < 1.29 is 19.5 Å². The predicted molar refractivity (Wildman–Crippen MR) is 34.0 cm³/mol. The van der Waals surface area contributed by atoms with Gasteiger partial charge >= 0.3 is 5.97 Å². The smallest absolute Gasteiger partial charge is 0.340 e. The van der Waals surface area contributed by atoms with E-state index in [0.29, 0.717) is 12.8 Å². The zero-order valence-electron chi connectivity index (χ0n) is 5.87. The van der Waals surface area contributed by atoms with E-state index < -0.39 is 11.4 Å². The highest BCUT2D eigenvalue weighted by atomic mass is 16.7. The number of hydrogen-bond acceptors (Lipinski definition) is 4. The first-order valence-electron chi connectivity index (χ1n) is 3.26. The quantitative estimate of drug-likeness (QED) is 0.406. The third-order valence-electron chi connectivity index (χ3n) is 1.79. The maximum Gasteiger partial charge on any atom is 0.340 e. The molecule has 1 aliphatic carbocycles. The van der Waals surface area contributed by atoms with Crippen LogP contribution in [-0.4, -0.2) is 24.1 Å². The van der Waals surface area contributed by atoms with Crippen molar-refractivity contribution in [3.05, 3.63) is 0 Å². The summed E-state index contributed by atoms with van der Waals surface area (Å²) in [5, 5.41) is 8.71. The molecule has 1 saturated carbocycles. The average Bonchev–Trinajstić information content (AvgIpc) is 2.80. The van der Waals surface area contributed by atoms with Gasteiger partial charge in [0.2, 0.25) is 6.41 Å². The van der Waals surface area contributed by atoms with E-state index in [1.165, 1.54) is 0 Å². The van der Waals surface area contributed by atoms with E-state index in [2.05, 4.69) is 4.84 Å². The van der Waals surface area contributed by atoms with Crippen LogP contribution in [0.2, 0.25) is 0 Å². The number of aliphatic hydroxyl groups excluding tert-OH is 1. The molecule has 0 aromatic heterocycles. The Bertz CT molecular complexity index is 175. The SMILES string of the molecule is O=CNOC(=O)C1(CO)CC1. The largest absolute Gasteiger partial charge is 0.395 e. The Kier molecular flexibility index (Phi) is 2.09. The van der Waals surface area contributed by atoms with Gasteiger partial charge < -0.3 is 9.94 Å². The predicted octanol–water partition coefficient (Wildman–Crippen LogP) is -1.04. The van der Waals surface area contributed by atoms with Crippen LogP contribution in [0.3, 0.4) is 0 Å². The van der Waals surface area contributed by atoms with Crippen molar-refractivity contribution in [1.29, 1.82) is 0 Å². The molecule has 0 radical (unpaired) electrons. The Morgan fingerprint density at radius 3 is 2.73 bits per heavy atom. The molecule has 0 aliphatic heterocycles. The minimum Gasteiger partial charge on any atom is -0.395 e. The number of hydrogen-bond donors (Lipinski definition) is 2. The summed E-state index contributed by atoms with van der Waals surface area (Å²) in [4.78, 5) is 24.9. The van der Waals surface area contributed by atoms with Crippen molar-refractivity contribution >= 4 is 12.4 Å². The van der Waals surface area contributed by atoms with Gasteiger partial charge in [-0.25, -0.2) is 4.79 Å². The fourth-order valence-corrected chi connectivity index (χ4v) is 0.764. The molecule has 0 atom stereocenters. The summed E-state index contributed by atoms with van der Waals surface area (Å²) in [6.45, 7) is -0.216. The van der Waals surface area contributed by atoms with Gasteiger partial charge in [-0.05, 0) is 12.8 Å². The Balaban J connectivity index is 2.35. The molecule has 1 aliphatic rings. The van der Waals surface area contributed by atoms with E-state index in [-0.39, 0.29) is 13.0 Å². The lowest BCUT2D eigenvalue weighted by Crippen LogP contribution is -2.28. The molecule has 1 amide bonds. The molecule has 0 saturated heterocycles. The van der Waals surface area contributed by atoms with Gasteiger partial charge in [0, 0.05) is 0 Å². The number of aliphatic hydroxyl groups is 1. The Labute approximate surface area is 63.3 Å². The second-order valence-electron chi connectivity index (χ2n) is 2.56. The van der Waals surface area contributed by atoms with E-state index in [4.69, 9.17) is 5.11 Å². The van der Waals surface area contributed by atoms with Gasteiger partial charge in [-0.1, -0.05) is 0 Å². The molecule has 0 bridgehead atoms. The molecule has 0 heterocycles. The average molecular weight is 159 g/mol. The number of rotatable bonds is 4. The van der Waals surface area contributed by atoms with E-state index in [0.717, 1.165) is 0 Å². The van der Waals surface area contributed by atoms with Crippen LogP contribution in [0, 0.1) is 5.41 Å². The maximum atomic E-state index is 10.9. The van der Waals surface area contributed by atoms with Crippen molar-refractivity contribution in [2.24, 2.45) is 5.41 Å². The number of nitrogens with one attached hydrogen (secondary N) is 1. The van der Waals surface area contributed by atoms with Crippen molar-refractivity contribution in [3.8, 4) is 0 Å². The molecule has 1 fully saturated rings. The molecule has 0 unspecified atom stereocenters. The lowest BCUT2D eigenvalue weighted by atomic mass is 10.1. The zero-order chi connectivity index (χ0) is 8.32. The molecule has 2 N–H and O–H groups in total. The number of carbonyl (C=O) groups excluding carboxylic acids is 2. The number of amides is 1. The van der Waals surface area contributed by atoms with Crippen LogP contribution >= 0.6 is 0 Å². The number of hydroxylamine groups is 1. The summed E-state index contributed by atoms with van der Waals surface area (Å²) >= 11 is 0. The second-order valence-corrected chi connectivity index (χ2v) is 2.56. The lowest BCUT2D eigenvalue weighted by molar-refractivity contribution is -0.161. The van der Waals surface area contributed by atoms with Gasteiger partial charge in [0.1, 0.15) is 0 Å².